The summed E-state index contributed by atoms with van der Waals surface area (Å²) in [5, 5.41) is 14.3. The lowest BCUT2D eigenvalue weighted by molar-refractivity contribution is 0.0747. The third-order valence-electron chi connectivity index (χ3n) is 6.11. The highest BCUT2D eigenvalue weighted by Crippen LogP contribution is 2.28. The Kier molecular flexibility index (Phi) is 5.91. The number of phenols is 1. The Labute approximate surface area is 198 Å². The summed E-state index contributed by atoms with van der Waals surface area (Å²) in [4.78, 5) is 17.8. The Hall–Kier alpha value is -4.26. The fourth-order valence-electron chi connectivity index (χ4n) is 4.21. The molecule has 5 rings (SSSR count). The minimum absolute atomic E-state index is 0.0293. The van der Waals surface area contributed by atoms with Crippen LogP contribution in [0.15, 0.2) is 85.1 Å². The van der Waals surface area contributed by atoms with Gasteiger partial charge < -0.3 is 19.6 Å². The number of para-hydroxylation sites is 1. The van der Waals surface area contributed by atoms with Crippen molar-refractivity contribution in [3.05, 3.63) is 90.6 Å². The average molecular weight is 455 g/mol. The third kappa shape index (κ3) is 4.32. The van der Waals surface area contributed by atoms with Crippen molar-refractivity contribution in [3.63, 3.8) is 0 Å². The number of hydrogen-bond acceptors (Lipinski definition) is 5. The number of aromatic nitrogens is 2. The summed E-state index contributed by atoms with van der Waals surface area (Å²) in [6, 6.07) is 24.6. The molecule has 4 aromatic rings. The number of amides is 1. The van der Waals surface area contributed by atoms with Gasteiger partial charge in [0.2, 0.25) is 0 Å². The van der Waals surface area contributed by atoms with Crippen LogP contribution in [0.3, 0.4) is 0 Å². The molecule has 7 heteroatoms. The number of hydrogen-bond donors (Lipinski definition) is 1. The quantitative estimate of drug-likeness (QED) is 0.489. The summed E-state index contributed by atoms with van der Waals surface area (Å²) in [5.74, 6) is 0.974. The van der Waals surface area contributed by atoms with Crippen molar-refractivity contribution in [2.75, 3.05) is 38.2 Å². The van der Waals surface area contributed by atoms with E-state index in [9.17, 15) is 9.90 Å². The number of carbonyl (C=O) groups is 1. The van der Waals surface area contributed by atoms with Crippen LogP contribution in [-0.4, -0.2) is 59.0 Å². The minimum atomic E-state index is -0.0293. The molecule has 1 aliphatic heterocycles. The van der Waals surface area contributed by atoms with Crippen LogP contribution in [0.25, 0.3) is 16.9 Å². The zero-order valence-corrected chi connectivity index (χ0v) is 19.0. The van der Waals surface area contributed by atoms with Crippen LogP contribution in [0.2, 0.25) is 0 Å². The van der Waals surface area contributed by atoms with E-state index in [2.05, 4.69) is 4.90 Å². The van der Waals surface area contributed by atoms with E-state index in [1.165, 1.54) is 0 Å². The number of carbonyl (C=O) groups excluding carboxylic acids is 1. The second-order valence-corrected chi connectivity index (χ2v) is 8.20. The van der Waals surface area contributed by atoms with Crippen LogP contribution < -0.4 is 9.64 Å². The van der Waals surface area contributed by atoms with Gasteiger partial charge in [0, 0.05) is 43.6 Å². The lowest BCUT2D eigenvalue weighted by atomic mass is 10.1. The molecule has 0 unspecified atom stereocenters. The fourth-order valence-corrected chi connectivity index (χ4v) is 4.21. The van der Waals surface area contributed by atoms with E-state index in [1.807, 2.05) is 77.8 Å². The molecule has 3 aromatic carbocycles. The van der Waals surface area contributed by atoms with E-state index in [4.69, 9.17) is 9.84 Å². The van der Waals surface area contributed by atoms with Crippen molar-refractivity contribution < 1.29 is 14.6 Å². The maximum absolute atomic E-state index is 13.6. The Bertz CT molecular complexity index is 1260. The van der Waals surface area contributed by atoms with Gasteiger partial charge in [0.25, 0.3) is 5.91 Å². The van der Waals surface area contributed by atoms with Crippen molar-refractivity contribution in [1.29, 1.82) is 0 Å². The van der Waals surface area contributed by atoms with Crippen molar-refractivity contribution in [2.24, 2.45) is 0 Å². The minimum Gasteiger partial charge on any atom is -0.508 e. The highest BCUT2D eigenvalue weighted by Gasteiger charge is 2.27. The standard InChI is InChI=1S/C27H26N4O3/c1-34-24-13-7-20(8-14-24)26-25(19-31(28-26)22-5-3-2-4-6-22)27(33)30-17-15-29(16-18-30)21-9-11-23(32)12-10-21/h2-14,19,32H,15-18H2,1H3. The van der Waals surface area contributed by atoms with E-state index < -0.39 is 0 Å². The molecule has 0 atom stereocenters. The zero-order chi connectivity index (χ0) is 23.5. The number of ether oxygens (including phenoxy) is 1. The van der Waals surface area contributed by atoms with Gasteiger partial charge in [-0.05, 0) is 60.7 Å². The van der Waals surface area contributed by atoms with Crippen LogP contribution in [0.5, 0.6) is 11.5 Å². The normalized spacial score (nSPS) is 13.7. The number of nitrogens with zero attached hydrogens (tertiary/aromatic N) is 4. The predicted molar refractivity (Wildman–Crippen MR) is 132 cm³/mol. The monoisotopic (exact) mass is 454 g/mol. The van der Waals surface area contributed by atoms with E-state index in [-0.39, 0.29) is 11.7 Å². The molecule has 0 bridgehead atoms. The molecule has 0 saturated carbocycles. The lowest BCUT2D eigenvalue weighted by Gasteiger charge is -2.36. The van der Waals surface area contributed by atoms with Gasteiger partial charge in [-0.2, -0.15) is 5.10 Å². The first-order valence-electron chi connectivity index (χ1n) is 11.2. The second kappa shape index (κ2) is 9.31. The van der Waals surface area contributed by atoms with Crippen molar-refractivity contribution in [3.8, 4) is 28.4 Å². The van der Waals surface area contributed by atoms with Gasteiger partial charge in [-0.25, -0.2) is 4.68 Å². The van der Waals surface area contributed by atoms with Crippen LogP contribution >= 0.6 is 0 Å². The molecule has 1 N–H and O–H groups in total. The van der Waals surface area contributed by atoms with Gasteiger partial charge in [0.1, 0.15) is 17.2 Å². The Balaban J connectivity index is 1.42. The Morgan fingerprint density at radius 2 is 1.53 bits per heavy atom. The summed E-state index contributed by atoms with van der Waals surface area (Å²) < 4.78 is 7.05. The van der Waals surface area contributed by atoms with E-state index in [0.29, 0.717) is 24.3 Å². The molecule has 0 aliphatic carbocycles. The molecule has 1 aliphatic rings. The summed E-state index contributed by atoms with van der Waals surface area (Å²) in [6.45, 7) is 2.67. The lowest BCUT2D eigenvalue weighted by Crippen LogP contribution is -2.48. The molecular formula is C27H26N4O3. The van der Waals surface area contributed by atoms with E-state index in [1.54, 1.807) is 23.9 Å². The van der Waals surface area contributed by atoms with Crippen LogP contribution in [0.1, 0.15) is 10.4 Å². The SMILES string of the molecule is COc1ccc(-c2nn(-c3ccccc3)cc2C(=O)N2CCN(c3ccc(O)cc3)CC2)cc1. The van der Waals surface area contributed by atoms with Gasteiger partial charge in [-0.3, -0.25) is 4.79 Å². The summed E-state index contributed by atoms with van der Waals surface area (Å²) >= 11 is 0. The molecule has 34 heavy (non-hydrogen) atoms. The number of benzene rings is 3. The summed E-state index contributed by atoms with van der Waals surface area (Å²) in [5.41, 5.74) is 4.03. The highest BCUT2D eigenvalue weighted by molar-refractivity contribution is 6.00. The van der Waals surface area contributed by atoms with Gasteiger partial charge >= 0.3 is 0 Å². The molecule has 1 aromatic heterocycles. The molecular weight excluding hydrogens is 428 g/mol. The maximum Gasteiger partial charge on any atom is 0.257 e. The van der Waals surface area contributed by atoms with Crippen molar-refractivity contribution >= 4 is 11.6 Å². The van der Waals surface area contributed by atoms with E-state index >= 15 is 0 Å². The van der Waals surface area contributed by atoms with Gasteiger partial charge in [-0.1, -0.05) is 18.2 Å². The Morgan fingerprint density at radius 1 is 0.853 bits per heavy atom. The number of aromatic hydroxyl groups is 1. The van der Waals surface area contributed by atoms with Gasteiger partial charge in [0.05, 0.1) is 18.4 Å². The topological polar surface area (TPSA) is 70.8 Å². The second-order valence-electron chi connectivity index (χ2n) is 8.20. The highest BCUT2D eigenvalue weighted by atomic mass is 16.5. The maximum atomic E-state index is 13.6. The number of anilines is 1. The summed E-state index contributed by atoms with van der Waals surface area (Å²) in [6.07, 6.45) is 1.82. The van der Waals surface area contributed by atoms with Gasteiger partial charge in [-0.15, -0.1) is 0 Å². The largest absolute Gasteiger partial charge is 0.508 e. The average Bonchev–Trinajstić information content (AvgIpc) is 3.35. The smallest absolute Gasteiger partial charge is 0.257 e. The van der Waals surface area contributed by atoms with Gasteiger partial charge in [0.15, 0.2) is 0 Å². The molecule has 1 fully saturated rings. The van der Waals surface area contributed by atoms with Crippen LogP contribution in [0, 0.1) is 0 Å². The van der Waals surface area contributed by atoms with Crippen LogP contribution in [0.4, 0.5) is 5.69 Å². The van der Waals surface area contributed by atoms with Crippen LogP contribution in [-0.2, 0) is 0 Å². The molecule has 172 valence electrons. The molecule has 0 spiro atoms. The third-order valence-corrected chi connectivity index (χ3v) is 6.11. The predicted octanol–water partition coefficient (Wildman–Crippen LogP) is 4.22. The molecule has 0 radical (unpaired) electrons. The summed E-state index contributed by atoms with van der Waals surface area (Å²) in [7, 11) is 1.63. The first-order chi connectivity index (χ1) is 16.6. The number of methoxy groups -OCH3 is 1. The first-order valence-corrected chi connectivity index (χ1v) is 11.2. The van der Waals surface area contributed by atoms with E-state index in [0.717, 1.165) is 35.8 Å². The molecule has 1 saturated heterocycles. The number of rotatable bonds is 5. The fraction of sp³-hybridized carbons (Fsp3) is 0.185. The first kappa shape index (κ1) is 21.6. The number of phenolic OH excluding ortho intramolecular Hbond substituents is 1. The molecule has 2 heterocycles. The van der Waals surface area contributed by atoms with Crippen molar-refractivity contribution in [2.45, 2.75) is 0 Å². The number of piperazine rings is 1. The molecule has 1 amide bonds. The Morgan fingerprint density at radius 3 is 2.18 bits per heavy atom. The molecule has 7 nitrogen and oxygen atoms in total. The zero-order valence-electron chi connectivity index (χ0n) is 19.0. The van der Waals surface area contributed by atoms with Crippen molar-refractivity contribution in [1.82, 2.24) is 14.7 Å².